The maximum Gasteiger partial charge on any atom is 0.251 e. The lowest BCUT2D eigenvalue weighted by Gasteiger charge is -2.11. The Kier molecular flexibility index (Phi) is 6.12. The number of rotatable bonds is 6. The van der Waals surface area contributed by atoms with Crippen LogP contribution in [-0.4, -0.2) is 17.9 Å². The second-order valence-corrected chi connectivity index (χ2v) is 7.14. The van der Waals surface area contributed by atoms with Crippen LogP contribution < -0.4 is 16.4 Å². The summed E-state index contributed by atoms with van der Waals surface area (Å²) in [5.74, 6) is 0.351. The number of amides is 1. The summed E-state index contributed by atoms with van der Waals surface area (Å²) >= 11 is 0. The molecular weight excluding hydrogens is 336 g/mol. The van der Waals surface area contributed by atoms with Crippen molar-refractivity contribution in [3.05, 3.63) is 64.7 Å². The number of nitrogens with two attached hydrogens (primary N) is 1. The van der Waals surface area contributed by atoms with Crippen LogP contribution >= 0.6 is 0 Å². The molecule has 0 fully saturated rings. The third-order valence-corrected chi connectivity index (χ3v) is 5.01. The Balaban J connectivity index is 1.56. The highest BCUT2D eigenvalue weighted by atomic mass is 16.1. The Morgan fingerprint density at radius 1 is 1.15 bits per heavy atom. The largest absolute Gasteiger partial charge is 0.370 e. The molecule has 27 heavy (non-hydrogen) atoms. The summed E-state index contributed by atoms with van der Waals surface area (Å²) in [7, 11) is 0. The molecule has 1 amide bonds. The number of hydrogen-bond acceptors (Lipinski definition) is 2. The van der Waals surface area contributed by atoms with Gasteiger partial charge >= 0.3 is 0 Å². The van der Waals surface area contributed by atoms with Crippen LogP contribution in [0.25, 0.3) is 0 Å². The van der Waals surface area contributed by atoms with E-state index in [2.05, 4.69) is 33.8 Å². The predicted octanol–water partition coefficient (Wildman–Crippen LogP) is 3.63. The van der Waals surface area contributed by atoms with Crippen LogP contribution in [0.5, 0.6) is 0 Å². The van der Waals surface area contributed by atoms with Crippen LogP contribution in [0.2, 0.25) is 0 Å². The fourth-order valence-corrected chi connectivity index (χ4v) is 3.18. The van der Waals surface area contributed by atoms with E-state index in [1.54, 1.807) is 0 Å². The highest BCUT2D eigenvalue weighted by Gasteiger charge is 2.11. The Bertz CT molecular complexity index is 827. The van der Waals surface area contributed by atoms with Gasteiger partial charge in [0.1, 0.15) is 0 Å². The van der Waals surface area contributed by atoms with Crippen molar-refractivity contribution in [1.29, 1.82) is 0 Å². The van der Waals surface area contributed by atoms with E-state index in [4.69, 9.17) is 5.73 Å². The van der Waals surface area contributed by atoms with E-state index in [0.717, 1.165) is 24.1 Å². The monoisotopic (exact) mass is 364 g/mol. The summed E-state index contributed by atoms with van der Waals surface area (Å²) in [6.45, 7) is 4.52. The summed E-state index contributed by atoms with van der Waals surface area (Å²) in [6, 6.07) is 14.0. The normalized spacial score (nSPS) is 14.5. The molecule has 2 aromatic carbocycles. The summed E-state index contributed by atoms with van der Waals surface area (Å²) in [6.07, 6.45) is 4.45. The van der Waals surface area contributed by atoms with Crippen molar-refractivity contribution < 1.29 is 4.79 Å². The van der Waals surface area contributed by atoms with Crippen molar-refractivity contribution in [2.45, 2.75) is 52.1 Å². The van der Waals surface area contributed by atoms with Gasteiger partial charge in [0.05, 0.1) is 6.54 Å². The molecule has 0 aliphatic heterocycles. The van der Waals surface area contributed by atoms with Gasteiger partial charge in [0.2, 0.25) is 0 Å². The van der Waals surface area contributed by atoms with Gasteiger partial charge in [0.25, 0.3) is 5.91 Å². The van der Waals surface area contributed by atoms with Gasteiger partial charge in [-0.3, -0.25) is 4.79 Å². The molecule has 1 unspecified atom stereocenters. The molecule has 0 aromatic heterocycles. The first kappa shape index (κ1) is 19.0. The zero-order valence-electron chi connectivity index (χ0n) is 16.1. The molecule has 0 saturated heterocycles. The van der Waals surface area contributed by atoms with Gasteiger partial charge in [-0.15, -0.1) is 0 Å². The van der Waals surface area contributed by atoms with Crippen LogP contribution in [0.3, 0.4) is 0 Å². The number of hydrogen-bond donors (Lipinski definition) is 3. The first-order valence-corrected chi connectivity index (χ1v) is 9.63. The maximum atomic E-state index is 12.1. The van der Waals surface area contributed by atoms with Crippen LogP contribution in [0.1, 0.15) is 53.7 Å². The molecule has 1 aliphatic rings. The maximum absolute atomic E-state index is 12.1. The highest BCUT2D eigenvalue weighted by Crippen LogP contribution is 2.24. The third kappa shape index (κ3) is 5.09. The molecule has 0 spiro atoms. The number of guanidine groups is 1. The number of anilines is 1. The lowest BCUT2D eigenvalue weighted by atomic mass is 10.1. The van der Waals surface area contributed by atoms with Gasteiger partial charge in [-0.25, -0.2) is 4.99 Å². The Hall–Kier alpha value is -2.82. The number of aryl methyl sites for hydroxylation is 2. The third-order valence-electron chi connectivity index (χ3n) is 5.01. The molecule has 5 heteroatoms. The predicted molar refractivity (Wildman–Crippen MR) is 111 cm³/mol. The molecule has 0 radical (unpaired) electrons. The molecule has 142 valence electrons. The number of aliphatic imine (C=N–C) groups is 1. The van der Waals surface area contributed by atoms with Crippen molar-refractivity contribution in [3.63, 3.8) is 0 Å². The lowest BCUT2D eigenvalue weighted by molar-refractivity contribution is 0.0939. The average Bonchev–Trinajstić information content (AvgIpc) is 3.14. The minimum absolute atomic E-state index is 0.0443. The van der Waals surface area contributed by atoms with Gasteiger partial charge in [0.15, 0.2) is 5.96 Å². The molecule has 3 rings (SSSR count). The Morgan fingerprint density at radius 3 is 2.63 bits per heavy atom. The first-order chi connectivity index (χ1) is 13.0. The van der Waals surface area contributed by atoms with E-state index < -0.39 is 0 Å². The summed E-state index contributed by atoms with van der Waals surface area (Å²) in [5.41, 5.74) is 11.5. The van der Waals surface area contributed by atoms with Crippen molar-refractivity contribution in [1.82, 2.24) is 5.32 Å². The van der Waals surface area contributed by atoms with E-state index in [1.807, 2.05) is 38.1 Å². The zero-order chi connectivity index (χ0) is 19.2. The van der Waals surface area contributed by atoms with Crippen LogP contribution in [0.15, 0.2) is 47.5 Å². The molecule has 1 atom stereocenters. The van der Waals surface area contributed by atoms with Crippen molar-refractivity contribution >= 4 is 17.6 Å². The molecule has 4 N–H and O–H groups in total. The van der Waals surface area contributed by atoms with E-state index in [1.165, 1.54) is 24.0 Å². The number of nitrogens with one attached hydrogen (secondary N) is 2. The Morgan fingerprint density at radius 2 is 1.89 bits per heavy atom. The van der Waals surface area contributed by atoms with Gasteiger partial charge in [0, 0.05) is 17.3 Å². The number of benzene rings is 2. The van der Waals surface area contributed by atoms with Crippen LogP contribution in [-0.2, 0) is 19.4 Å². The Labute approximate surface area is 161 Å². The van der Waals surface area contributed by atoms with E-state index >= 15 is 0 Å². The zero-order valence-corrected chi connectivity index (χ0v) is 16.1. The molecule has 2 aromatic rings. The summed E-state index contributed by atoms with van der Waals surface area (Å²) < 4.78 is 0. The second kappa shape index (κ2) is 8.71. The smallest absolute Gasteiger partial charge is 0.251 e. The fourth-order valence-electron chi connectivity index (χ4n) is 3.18. The quantitative estimate of drug-likeness (QED) is 0.541. The van der Waals surface area contributed by atoms with E-state index in [9.17, 15) is 4.79 Å². The molecule has 0 saturated carbocycles. The van der Waals surface area contributed by atoms with Crippen molar-refractivity contribution in [2.24, 2.45) is 10.7 Å². The van der Waals surface area contributed by atoms with E-state index in [0.29, 0.717) is 18.1 Å². The SMILES string of the molecule is CCC(C)NC(=O)c1ccc(CN=C(N)Nc2ccc3c(c2)CCC3)cc1. The molecular formula is C22H28N4O. The number of carbonyl (C=O) groups excluding carboxylic acids is 1. The molecule has 0 heterocycles. The van der Waals surface area contributed by atoms with Gasteiger partial charge in [-0.05, 0) is 73.6 Å². The minimum atomic E-state index is -0.0443. The highest BCUT2D eigenvalue weighted by molar-refractivity contribution is 5.94. The average molecular weight is 364 g/mol. The van der Waals surface area contributed by atoms with Gasteiger partial charge in [-0.1, -0.05) is 25.1 Å². The van der Waals surface area contributed by atoms with Crippen molar-refractivity contribution in [3.8, 4) is 0 Å². The first-order valence-electron chi connectivity index (χ1n) is 9.63. The van der Waals surface area contributed by atoms with Crippen LogP contribution in [0.4, 0.5) is 5.69 Å². The van der Waals surface area contributed by atoms with Crippen molar-refractivity contribution in [2.75, 3.05) is 5.32 Å². The number of carbonyl (C=O) groups is 1. The number of fused-ring (bicyclic) bond motifs is 1. The molecule has 0 bridgehead atoms. The van der Waals surface area contributed by atoms with Gasteiger partial charge in [-0.2, -0.15) is 0 Å². The molecule has 5 nitrogen and oxygen atoms in total. The summed E-state index contributed by atoms with van der Waals surface area (Å²) in [5, 5.41) is 6.13. The standard InChI is InChI=1S/C22H28N4O/c1-3-15(2)25-21(27)18-9-7-16(8-10-18)14-24-22(23)26-20-12-11-17-5-4-6-19(17)13-20/h7-13,15H,3-6,14H2,1-2H3,(H,25,27)(H3,23,24,26). The summed E-state index contributed by atoms with van der Waals surface area (Å²) in [4.78, 5) is 16.5. The van der Waals surface area contributed by atoms with E-state index in [-0.39, 0.29) is 11.9 Å². The fraction of sp³-hybridized carbons (Fsp3) is 0.364. The molecule has 1 aliphatic carbocycles. The van der Waals surface area contributed by atoms with Crippen LogP contribution in [0, 0.1) is 0 Å². The topological polar surface area (TPSA) is 79.5 Å². The second-order valence-electron chi connectivity index (χ2n) is 7.14. The number of nitrogens with zero attached hydrogens (tertiary/aromatic N) is 1. The minimum Gasteiger partial charge on any atom is -0.370 e. The van der Waals surface area contributed by atoms with Gasteiger partial charge < -0.3 is 16.4 Å². The lowest BCUT2D eigenvalue weighted by Crippen LogP contribution is -2.31.